The molecule has 1 aromatic carbocycles. The Morgan fingerprint density at radius 1 is 1.07 bits per heavy atom. The minimum absolute atomic E-state index is 0. The van der Waals surface area contributed by atoms with Gasteiger partial charge in [-0.3, -0.25) is 9.69 Å². The summed E-state index contributed by atoms with van der Waals surface area (Å²) in [5.74, 6) is 2.21. The van der Waals surface area contributed by atoms with Gasteiger partial charge in [-0.1, -0.05) is 0 Å². The molecule has 2 aliphatic heterocycles. The van der Waals surface area contributed by atoms with Gasteiger partial charge in [0.25, 0.3) is 0 Å². The zero-order chi connectivity index (χ0) is 18.5. The highest BCUT2D eigenvalue weighted by Gasteiger charge is 2.29. The van der Waals surface area contributed by atoms with Crippen LogP contribution in [0.1, 0.15) is 18.4 Å². The predicted molar refractivity (Wildman–Crippen MR) is 106 cm³/mol. The van der Waals surface area contributed by atoms with Crippen LogP contribution >= 0.6 is 12.4 Å². The van der Waals surface area contributed by atoms with E-state index < -0.39 is 0 Å². The van der Waals surface area contributed by atoms with Gasteiger partial charge in [0.1, 0.15) is 0 Å². The maximum atomic E-state index is 12.5. The maximum absolute atomic E-state index is 12.5. The molecule has 0 spiro atoms. The normalized spacial score (nSPS) is 20.1. The molecule has 0 aliphatic carbocycles. The van der Waals surface area contributed by atoms with Crippen molar-refractivity contribution < 1.29 is 19.0 Å². The number of nitrogens with zero attached hydrogens (tertiary/aromatic N) is 2. The first-order valence-corrected chi connectivity index (χ1v) is 9.19. The van der Waals surface area contributed by atoms with E-state index in [0.29, 0.717) is 17.2 Å². The molecule has 152 valence electrons. The Morgan fingerprint density at radius 3 is 2.19 bits per heavy atom. The van der Waals surface area contributed by atoms with Gasteiger partial charge in [0.05, 0.1) is 27.4 Å². The number of piperazine rings is 1. The average molecular weight is 400 g/mol. The van der Waals surface area contributed by atoms with Crippen molar-refractivity contribution in [1.29, 1.82) is 0 Å². The molecule has 0 aromatic heterocycles. The summed E-state index contributed by atoms with van der Waals surface area (Å²) in [6.45, 7) is 5.05. The predicted octanol–water partition coefficient (Wildman–Crippen LogP) is 1.53. The fraction of sp³-hybridized carbons (Fsp3) is 0.632. The first-order chi connectivity index (χ1) is 12.7. The van der Waals surface area contributed by atoms with Gasteiger partial charge >= 0.3 is 0 Å². The Kier molecular flexibility index (Phi) is 8.01. The van der Waals surface area contributed by atoms with Crippen LogP contribution in [0.25, 0.3) is 0 Å². The van der Waals surface area contributed by atoms with E-state index in [9.17, 15) is 4.79 Å². The molecule has 0 bridgehead atoms. The highest BCUT2D eigenvalue weighted by molar-refractivity contribution is 5.85. The van der Waals surface area contributed by atoms with Gasteiger partial charge in [-0.15, -0.1) is 12.4 Å². The average Bonchev–Trinajstić information content (AvgIpc) is 3.22. The largest absolute Gasteiger partial charge is 0.493 e. The number of benzene rings is 1. The summed E-state index contributed by atoms with van der Waals surface area (Å²) in [6, 6.07) is 4.00. The summed E-state index contributed by atoms with van der Waals surface area (Å²) >= 11 is 0. The van der Waals surface area contributed by atoms with Crippen molar-refractivity contribution in [2.45, 2.75) is 25.4 Å². The smallest absolute Gasteiger partial charge is 0.239 e. The van der Waals surface area contributed by atoms with E-state index >= 15 is 0 Å². The lowest BCUT2D eigenvalue weighted by molar-refractivity contribution is -0.134. The van der Waals surface area contributed by atoms with E-state index in [-0.39, 0.29) is 24.4 Å². The molecule has 0 radical (unpaired) electrons. The monoisotopic (exact) mass is 399 g/mol. The standard InChI is InChI=1S/C19H29N3O4.ClH/c1-24-16-11-14(12-17(25-2)18(16)26-3)13-21-7-9-22(10-8-21)19(23)15-5-4-6-20-15;/h11-12,15,20H,4-10,13H2,1-3H3;1H/t15-;/m0./s1. The Labute approximate surface area is 167 Å². The second-order valence-corrected chi connectivity index (χ2v) is 6.78. The molecule has 2 aliphatic rings. The van der Waals surface area contributed by atoms with Crippen molar-refractivity contribution in [2.24, 2.45) is 0 Å². The van der Waals surface area contributed by atoms with Crippen LogP contribution in [-0.2, 0) is 11.3 Å². The van der Waals surface area contributed by atoms with Crippen molar-refractivity contribution in [2.75, 3.05) is 54.1 Å². The van der Waals surface area contributed by atoms with E-state index in [1.54, 1.807) is 21.3 Å². The van der Waals surface area contributed by atoms with Crippen LogP contribution in [0.4, 0.5) is 0 Å². The molecule has 2 saturated heterocycles. The van der Waals surface area contributed by atoms with Crippen LogP contribution in [-0.4, -0.2) is 75.8 Å². The first-order valence-electron chi connectivity index (χ1n) is 9.19. The number of ether oxygens (including phenoxy) is 3. The molecule has 1 aromatic rings. The second kappa shape index (κ2) is 10.0. The number of rotatable bonds is 6. The Hall–Kier alpha value is -1.70. The SMILES string of the molecule is COc1cc(CN2CCN(C(=O)[C@@H]3CCCN3)CC2)cc(OC)c1OC.Cl. The molecular weight excluding hydrogens is 370 g/mol. The van der Waals surface area contributed by atoms with Gasteiger partial charge in [0, 0.05) is 32.7 Å². The van der Waals surface area contributed by atoms with Crippen LogP contribution in [0.2, 0.25) is 0 Å². The fourth-order valence-electron chi connectivity index (χ4n) is 3.73. The van der Waals surface area contributed by atoms with Gasteiger partial charge in [0.2, 0.25) is 11.7 Å². The zero-order valence-corrected chi connectivity index (χ0v) is 17.1. The number of hydrogen-bond acceptors (Lipinski definition) is 6. The Morgan fingerprint density at radius 2 is 1.70 bits per heavy atom. The minimum atomic E-state index is 0. The molecule has 1 N–H and O–H groups in total. The molecule has 0 saturated carbocycles. The van der Waals surface area contributed by atoms with Crippen molar-refractivity contribution in [1.82, 2.24) is 15.1 Å². The first kappa shape index (κ1) is 21.6. The van der Waals surface area contributed by atoms with Crippen LogP contribution in [0, 0.1) is 0 Å². The number of carbonyl (C=O) groups is 1. The zero-order valence-electron chi connectivity index (χ0n) is 16.3. The molecule has 8 heteroatoms. The quantitative estimate of drug-likeness (QED) is 0.782. The van der Waals surface area contributed by atoms with E-state index in [2.05, 4.69) is 10.2 Å². The third-order valence-corrected chi connectivity index (χ3v) is 5.17. The highest BCUT2D eigenvalue weighted by atomic mass is 35.5. The van der Waals surface area contributed by atoms with Gasteiger partial charge in [0.15, 0.2) is 11.5 Å². The van der Waals surface area contributed by atoms with Crippen molar-refractivity contribution >= 4 is 18.3 Å². The lowest BCUT2D eigenvalue weighted by Gasteiger charge is -2.36. The van der Waals surface area contributed by atoms with Crippen LogP contribution < -0.4 is 19.5 Å². The highest BCUT2D eigenvalue weighted by Crippen LogP contribution is 2.38. The van der Waals surface area contributed by atoms with Crippen molar-refractivity contribution in [3.8, 4) is 17.2 Å². The van der Waals surface area contributed by atoms with Gasteiger partial charge < -0.3 is 24.4 Å². The van der Waals surface area contributed by atoms with Gasteiger partial charge in [-0.05, 0) is 37.1 Å². The number of methoxy groups -OCH3 is 3. The number of amides is 1. The number of nitrogens with one attached hydrogen (secondary N) is 1. The molecule has 2 fully saturated rings. The molecule has 3 rings (SSSR count). The van der Waals surface area contributed by atoms with Gasteiger partial charge in [-0.2, -0.15) is 0 Å². The van der Waals surface area contributed by atoms with E-state index in [0.717, 1.165) is 57.7 Å². The third-order valence-electron chi connectivity index (χ3n) is 5.17. The van der Waals surface area contributed by atoms with E-state index in [4.69, 9.17) is 14.2 Å². The Bertz CT molecular complexity index is 604. The molecule has 2 heterocycles. The molecule has 1 atom stereocenters. The summed E-state index contributed by atoms with van der Waals surface area (Å²) in [5.41, 5.74) is 1.11. The molecule has 27 heavy (non-hydrogen) atoms. The van der Waals surface area contributed by atoms with Crippen LogP contribution in [0.15, 0.2) is 12.1 Å². The Balaban J connectivity index is 0.00000261. The summed E-state index contributed by atoms with van der Waals surface area (Å²) in [5, 5.41) is 3.30. The molecule has 1 amide bonds. The number of carbonyl (C=O) groups excluding carboxylic acids is 1. The molecule has 7 nitrogen and oxygen atoms in total. The van der Waals surface area contributed by atoms with Gasteiger partial charge in [-0.25, -0.2) is 0 Å². The second-order valence-electron chi connectivity index (χ2n) is 6.78. The van der Waals surface area contributed by atoms with E-state index in [1.165, 1.54) is 0 Å². The summed E-state index contributed by atoms with van der Waals surface area (Å²) in [7, 11) is 4.86. The minimum Gasteiger partial charge on any atom is -0.493 e. The molecular formula is C19H30ClN3O4. The maximum Gasteiger partial charge on any atom is 0.239 e. The summed E-state index contributed by atoms with van der Waals surface area (Å²) in [6.07, 6.45) is 2.06. The van der Waals surface area contributed by atoms with Crippen molar-refractivity contribution in [3.63, 3.8) is 0 Å². The van der Waals surface area contributed by atoms with Crippen LogP contribution in [0.3, 0.4) is 0 Å². The lowest BCUT2D eigenvalue weighted by Crippen LogP contribution is -2.52. The summed E-state index contributed by atoms with van der Waals surface area (Å²) in [4.78, 5) is 16.8. The number of halogens is 1. The fourth-order valence-corrected chi connectivity index (χ4v) is 3.73. The lowest BCUT2D eigenvalue weighted by atomic mass is 10.1. The topological polar surface area (TPSA) is 63.3 Å². The third kappa shape index (κ3) is 4.97. The summed E-state index contributed by atoms with van der Waals surface area (Å²) < 4.78 is 16.2. The van der Waals surface area contributed by atoms with Crippen LogP contribution in [0.5, 0.6) is 17.2 Å². The van der Waals surface area contributed by atoms with E-state index in [1.807, 2.05) is 17.0 Å². The molecule has 0 unspecified atom stereocenters. The van der Waals surface area contributed by atoms with Crippen molar-refractivity contribution in [3.05, 3.63) is 17.7 Å². The number of hydrogen-bond donors (Lipinski definition) is 1.